The van der Waals surface area contributed by atoms with E-state index in [0.29, 0.717) is 24.2 Å². The number of ether oxygens (including phenoxy) is 1. The molecule has 7 N–H and O–H groups in total. The van der Waals surface area contributed by atoms with E-state index in [1.54, 1.807) is 13.1 Å². The number of aliphatic hydroxyl groups is 1. The molecule has 1 aliphatic carbocycles. The summed E-state index contributed by atoms with van der Waals surface area (Å²) in [5.74, 6) is -0.875. The number of aromatic nitrogens is 2. The second-order valence-corrected chi connectivity index (χ2v) is 16.1. The first kappa shape index (κ1) is 45.7. The summed E-state index contributed by atoms with van der Waals surface area (Å²) >= 11 is 1.11. The number of nitrogen functional groups attached to an aromatic ring is 1. The zero-order valence-corrected chi connectivity index (χ0v) is 34.6. The predicted molar refractivity (Wildman–Crippen MR) is 224 cm³/mol. The van der Waals surface area contributed by atoms with Gasteiger partial charge >= 0.3 is 6.09 Å². The molecule has 0 unspecified atom stereocenters. The van der Waals surface area contributed by atoms with Crippen molar-refractivity contribution < 1.29 is 33.8 Å². The number of ketones is 1. The number of alkyl carbamates (subject to hydrolysis) is 1. The molecule has 15 heteroatoms. The van der Waals surface area contributed by atoms with Crippen LogP contribution >= 0.6 is 11.8 Å². The lowest BCUT2D eigenvalue weighted by molar-refractivity contribution is -0.131. The van der Waals surface area contributed by atoms with Crippen molar-refractivity contribution in [2.24, 2.45) is 11.8 Å². The maximum atomic E-state index is 13.5. The number of aryl methyl sites for hydroxylation is 1. The molecule has 3 aromatic rings. The van der Waals surface area contributed by atoms with Crippen molar-refractivity contribution >= 4 is 47.2 Å². The molecule has 58 heavy (non-hydrogen) atoms. The SMILES string of the molecule is CC[C@H](C)[C@H](NC(=O)C[C@H](O)[C@H](CC1CCCCC1)NC(=O)CSCC(=O)[C@H](Cc1ccccc1)NC(=O)OCc1ccccc1)C(=O)NCc1cnc(C)nc1N. The Bertz CT molecular complexity index is 1780. The largest absolute Gasteiger partial charge is 0.445 e. The second-order valence-electron chi connectivity index (χ2n) is 15.1. The Morgan fingerprint density at radius 1 is 0.914 bits per heavy atom. The van der Waals surface area contributed by atoms with Crippen LogP contribution in [0.25, 0.3) is 0 Å². The summed E-state index contributed by atoms with van der Waals surface area (Å²) in [6.45, 7) is 5.63. The Balaban J connectivity index is 1.33. The summed E-state index contributed by atoms with van der Waals surface area (Å²) in [5.41, 5.74) is 8.21. The topological polar surface area (TPSA) is 215 Å². The third-order valence-corrected chi connectivity index (χ3v) is 11.4. The van der Waals surface area contributed by atoms with E-state index >= 15 is 0 Å². The van der Waals surface area contributed by atoms with E-state index < -0.39 is 42.1 Å². The molecule has 5 atom stereocenters. The fourth-order valence-corrected chi connectivity index (χ4v) is 7.67. The maximum absolute atomic E-state index is 13.5. The van der Waals surface area contributed by atoms with Crippen molar-refractivity contribution in [2.75, 3.05) is 17.2 Å². The van der Waals surface area contributed by atoms with Crippen LogP contribution in [0.3, 0.4) is 0 Å². The van der Waals surface area contributed by atoms with E-state index in [1.165, 1.54) is 0 Å². The van der Waals surface area contributed by atoms with E-state index in [2.05, 4.69) is 31.2 Å². The van der Waals surface area contributed by atoms with Crippen molar-refractivity contribution in [1.82, 2.24) is 31.2 Å². The van der Waals surface area contributed by atoms with Crippen molar-refractivity contribution in [3.63, 3.8) is 0 Å². The molecule has 1 aromatic heterocycles. The number of carbonyl (C=O) groups excluding carboxylic acids is 5. The zero-order valence-electron chi connectivity index (χ0n) is 33.8. The Morgan fingerprint density at radius 3 is 2.24 bits per heavy atom. The molecule has 314 valence electrons. The molecule has 14 nitrogen and oxygen atoms in total. The third-order valence-electron chi connectivity index (χ3n) is 10.5. The Hall–Kier alpha value is -5.02. The van der Waals surface area contributed by atoms with Crippen LogP contribution in [0.5, 0.6) is 0 Å². The van der Waals surface area contributed by atoms with Crippen LogP contribution in [0.4, 0.5) is 10.6 Å². The number of nitrogens with zero attached hydrogens (tertiary/aromatic N) is 2. The van der Waals surface area contributed by atoms with E-state index in [4.69, 9.17) is 10.5 Å². The van der Waals surface area contributed by atoms with E-state index in [-0.39, 0.29) is 66.8 Å². The van der Waals surface area contributed by atoms with Gasteiger partial charge in [0.2, 0.25) is 17.7 Å². The first-order valence-electron chi connectivity index (χ1n) is 20.2. The molecule has 1 fully saturated rings. The molecule has 4 rings (SSSR count). The Kier molecular flexibility index (Phi) is 18.9. The smallest absolute Gasteiger partial charge is 0.408 e. The molecule has 0 radical (unpaired) electrons. The van der Waals surface area contributed by atoms with Crippen LogP contribution in [0.1, 0.15) is 87.7 Å². The highest BCUT2D eigenvalue weighted by Gasteiger charge is 2.31. The number of carbonyl (C=O) groups is 5. The van der Waals surface area contributed by atoms with Crippen LogP contribution in [-0.4, -0.2) is 80.4 Å². The number of Topliss-reactive ketones (excluding diaryl/α,β-unsaturated/α-hetero) is 1. The van der Waals surface area contributed by atoms with Gasteiger partial charge in [0.1, 0.15) is 24.3 Å². The summed E-state index contributed by atoms with van der Waals surface area (Å²) in [6, 6.07) is 16.1. The summed E-state index contributed by atoms with van der Waals surface area (Å²) in [5, 5.41) is 22.7. The number of aliphatic hydroxyl groups excluding tert-OH is 1. The van der Waals surface area contributed by atoms with Gasteiger partial charge in [0, 0.05) is 18.3 Å². The average molecular weight is 818 g/mol. The summed E-state index contributed by atoms with van der Waals surface area (Å²) in [7, 11) is 0. The summed E-state index contributed by atoms with van der Waals surface area (Å²) in [4.78, 5) is 74.5. The molecule has 4 amide bonds. The van der Waals surface area contributed by atoms with Gasteiger partial charge in [-0.1, -0.05) is 113 Å². The van der Waals surface area contributed by atoms with Gasteiger partial charge in [-0.2, -0.15) is 0 Å². The van der Waals surface area contributed by atoms with E-state index in [1.807, 2.05) is 74.5 Å². The monoisotopic (exact) mass is 817 g/mol. The minimum absolute atomic E-state index is 0.0509. The number of amides is 4. The molecule has 1 aliphatic rings. The lowest BCUT2D eigenvalue weighted by Crippen LogP contribution is -2.52. The average Bonchev–Trinajstić information content (AvgIpc) is 3.22. The highest BCUT2D eigenvalue weighted by atomic mass is 32.2. The predicted octanol–water partition coefficient (Wildman–Crippen LogP) is 4.56. The number of nitrogens with one attached hydrogen (secondary N) is 4. The number of hydrogen-bond donors (Lipinski definition) is 6. The molecular formula is C43H59N7O7S. The fourth-order valence-electron chi connectivity index (χ4n) is 6.90. The molecule has 0 aliphatic heterocycles. The fraction of sp³-hybridized carbons (Fsp3) is 0.512. The van der Waals surface area contributed by atoms with Gasteiger partial charge in [-0.05, 0) is 42.7 Å². The lowest BCUT2D eigenvalue weighted by atomic mass is 9.83. The van der Waals surface area contributed by atoms with Gasteiger partial charge in [-0.25, -0.2) is 14.8 Å². The first-order valence-corrected chi connectivity index (χ1v) is 21.3. The van der Waals surface area contributed by atoms with Crippen LogP contribution in [-0.2, 0) is 43.5 Å². The van der Waals surface area contributed by atoms with Gasteiger partial charge < -0.3 is 36.8 Å². The van der Waals surface area contributed by atoms with E-state index in [0.717, 1.165) is 55.0 Å². The summed E-state index contributed by atoms with van der Waals surface area (Å²) < 4.78 is 5.38. The van der Waals surface area contributed by atoms with Gasteiger partial charge in [-0.15, -0.1) is 11.8 Å². The molecular weight excluding hydrogens is 759 g/mol. The molecule has 0 saturated heterocycles. The van der Waals surface area contributed by atoms with Gasteiger partial charge in [0.15, 0.2) is 5.78 Å². The Morgan fingerprint density at radius 2 is 1.59 bits per heavy atom. The van der Waals surface area contributed by atoms with Crippen molar-refractivity contribution in [1.29, 1.82) is 0 Å². The van der Waals surface area contributed by atoms with Crippen LogP contribution < -0.4 is 27.0 Å². The van der Waals surface area contributed by atoms with Crippen LogP contribution in [0, 0.1) is 18.8 Å². The number of hydrogen-bond acceptors (Lipinski definition) is 11. The van der Waals surface area contributed by atoms with Crippen LogP contribution in [0.2, 0.25) is 0 Å². The number of benzene rings is 2. The minimum atomic E-state index is -1.22. The lowest BCUT2D eigenvalue weighted by Gasteiger charge is -2.30. The number of anilines is 1. The highest BCUT2D eigenvalue weighted by Crippen LogP contribution is 2.28. The normalized spacial score (nSPS) is 15.5. The molecule has 1 heterocycles. The first-order chi connectivity index (χ1) is 27.9. The number of rotatable bonds is 22. The molecule has 1 saturated carbocycles. The van der Waals surface area contributed by atoms with Crippen molar-refractivity contribution in [2.45, 2.75) is 116 Å². The quantitative estimate of drug-likeness (QED) is 0.0827. The maximum Gasteiger partial charge on any atom is 0.408 e. The molecule has 0 spiro atoms. The van der Waals surface area contributed by atoms with Gasteiger partial charge in [-0.3, -0.25) is 19.2 Å². The zero-order chi connectivity index (χ0) is 41.9. The standard InChI is InChI=1S/C43H59N7O7S/c1-4-28(2)40(42(55)46-24-33-23-45-29(3)47-41(33)44)50-38(53)22-36(51)34(20-30-14-8-5-9-15-30)48-39(54)27-58-26-37(52)35(21-31-16-10-6-11-17-31)49-43(56)57-25-32-18-12-7-13-19-32/h6-7,10-13,16-19,23,28,30,34-36,40,51H,4-5,8-9,14-15,20-22,24-27H2,1-3H3,(H,46,55)(H,48,54)(H,49,56)(H,50,53)(H2,44,45,47)/t28-,34-,35-,36-,40-/m0/s1. The van der Waals surface area contributed by atoms with E-state index in [9.17, 15) is 29.1 Å². The number of nitrogens with two attached hydrogens (primary N) is 1. The highest BCUT2D eigenvalue weighted by molar-refractivity contribution is 8.00. The minimum Gasteiger partial charge on any atom is -0.445 e. The Labute approximate surface area is 345 Å². The van der Waals surface area contributed by atoms with Gasteiger partial charge in [0.25, 0.3) is 0 Å². The van der Waals surface area contributed by atoms with Crippen LogP contribution in [0.15, 0.2) is 66.9 Å². The molecule has 2 aromatic carbocycles. The third kappa shape index (κ3) is 15.7. The molecule has 0 bridgehead atoms. The summed E-state index contributed by atoms with van der Waals surface area (Å²) in [6.07, 6.45) is 5.82. The van der Waals surface area contributed by atoms with Crippen molar-refractivity contribution in [3.05, 3.63) is 89.4 Å². The number of thioether (sulfide) groups is 1. The second kappa shape index (κ2) is 24.0. The van der Waals surface area contributed by atoms with Gasteiger partial charge in [0.05, 0.1) is 36.1 Å². The van der Waals surface area contributed by atoms with Crippen molar-refractivity contribution in [3.8, 4) is 0 Å².